The van der Waals surface area contributed by atoms with E-state index in [1.54, 1.807) is 0 Å². The molecule has 0 aromatic carbocycles. The van der Waals surface area contributed by atoms with E-state index in [0.29, 0.717) is 0 Å². The molecule has 1 nitrogen and oxygen atoms in total. The molecule has 0 amide bonds. The van der Waals surface area contributed by atoms with E-state index in [2.05, 4.69) is 13.8 Å². The van der Waals surface area contributed by atoms with E-state index in [1.807, 2.05) is 0 Å². The van der Waals surface area contributed by atoms with Gasteiger partial charge in [0.25, 0.3) is 0 Å². The number of rotatable bonds is 9. The zero-order valence-electron chi connectivity index (χ0n) is 9.02. The first-order chi connectivity index (χ1) is 6.31. The quantitative estimate of drug-likeness (QED) is 0.420. The van der Waals surface area contributed by atoms with Gasteiger partial charge in [-0.1, -0.05) is 51.2 Å². The molecule has 0 aliphatic carbocycles. The third kappa shape index (κ3) is 10.7. The van der Waals surface area contributed by atoms with Crippen molar-refractivity contribution in [1.29, 1.82) is 0 Å². The lowest BCUT2D eigenvalue weighted by molar-refractivity contribution is 0.320. The summed E-state index contributed by atoms with van der Waals surface area (Å²) < 4.78 is 5.57. The summed E-state index contributed by atoms with van der Waals surface area (Å²) in [6, 6.07) is 0. The molecule has 0 rings (SSSR count). The first kappa shape index (κ1) is 13.8. The van der Waals surface area contributed by atoms with Gasteiger partial charge in [-0.05, 0) is 6.42 Å². The fourth-order valence-electron chi connectivity index (χ4n) is 1.17. The summed E-state index contributed by atoms with van der Waals surface area (Å²) in [5, 5.41) is 1.14. The van der Waals surface area contributed by atoms with E-state index in [9.17, 15) is 0 Å². The fourth-order valence-corrected chi connectivity index (χ4v) is 3.10. The van der Waals surface area contributed by atoms with Crippen molar-refractivity contribution in [3.05, 3.63) is 0 Å². The van der Waals surface area contributed by atoms with Crippen LogP contribution in [0.25, 0.3) is 0 Å². The van der Waals surface area contributed by atoms with Crippen molar-refractivity contribution < 1.29 is 3.79 Å². The highest BCUT2D eigenvalue weighted by Gasteiger charge is 2.16. The Morgan fingerprint density at radius 2 is 1.69 bits per heavy atom. The van der Waals surface area contributed by atoms with E-state index in [4.69, 9.17) is 13.8 Å². The Kier molecular flexibility index (Phi) is 11.5. The monoisotopic (exact) mass is 220 g/mol. The Hall–Kier alpha value is 0.782. The minimum absolute atomic E-state index is 0.880. The molecule has 3 heteroatoms. The normalized spacial score (nSPS) is 10.4. The van der Waals surface area contributed by atoms with Gasteiger partial charge in [0.2, 0.25) is 0 Å². The van der Waals surface area contributed by atoms with Crippen LogP contribution in [0.3, 0.4) is 0 Å². The van der Waals surface area contributed by atoms with Crippen LogP contribution < -0.4 is 0 Å². The molecule has 0 aromatic rings. The number of unbranched alkanes of at least 4 members (excludes halogenated alkanes) is 4. The molecule has 0 fully saturated rings. The maximum absolute atomic E-state index is 6.11. The second-order valence-electron chi connectivity index (χ2n) is 3.48. The molecular formula is C10H22AlClO. The second kappa shape index (κ2) is 10.9. The van der Waals surface area contributed by atoms with Crippen molar-refractivity contribution in [3.63, 3.8) is 0 Å². The van der Waals surface area contributed by atoms with Crippen LogP contribution in [0.4, 0.5) is 0 Å². The fraction of sp³-hybridized carbons (Fsp3) is 1.00. The van der Waals surface area contributed by atoms with Gasteiger partial charge in [0.05, 0.1) is 0 Å². The van der Waals surface area contributed by atoms with Gasteiger partial charge in [-0.15, -0.1) is 0 Å². The van der Waals surface area contributed by atoms with Gasteiger partial charge in [0.1, 0.15) is 0 Å². The highest BCUT2D eigenvalue weighted by atomic mass is 35.6. The van der Waals surface area contributed by atoms with E-state index in [1.165, 1.54) is 32.1 Å². The molecule has 0 saturated heterocycles. The number of hydrogen-bond donors (Lipinski definition) is 0. The molecule has 0 saturated carbocycles. The lowest BCUT2D eigenvalue weighted by atomic mass is 10.2. The predicted molar refractivity (Wildman–Crippen MR) is 61.4 cm³/mol. The third-order valence-corrected chi connectivity index (χ3v) is 4.57. The Labute approximate surface area is 91.7 Å². The zero-order chi connectivity index (χ0) is 9.94. The average molecular weight is 221 g/mol. The Morgan fingerprint density at radius 3 is 2.31 bits per heavy atom. The SMILES string of the molecule is CCCCC[CH2][Al]([Cl])[O]CCCC. The number of halogens is 1. The Morgan fingerprint density at radius 1 is 1.00 bits per heavy atom. The van der Waals surface area contributed by atoms with Gasteiger partial charge in [-0.25, -0.2) is 10.0 Å². The molecule has 0 unspecified atom stereocenters. The van der Waals surface area contributed by atoms with Crippen LogP contribution in [0.5, 0.6) is 0 Å². The van der Waals surface area contributed by atoms with E-state index >= 15 is 0 Å². The largest absolute Gasteiger partial charge is 0.591 e. The average Bonchev–Trinajstić information content (AvgIpc) is 2.13. The van der Waals surface area contributed by atoms with Crippen LogP contribution in [-0.4, -0.2) is 20.2 Å². The van der Waals surface area contributed by atoms with Crippen molar-refractivity contribution in [1.82, 2.24) is 0 Å². The second-order valence-corrected chi connectivity index (χ2v) is 6.67. The van der Waals surface area contributed by atoms with E-state index in [0.717, 1.165) is 18.3 Å². The van der Waals surface area contributed by atoms with Crippen LogP contribution in [-0.2, 0) is 3.79 Å². The predicted octanol–water partition coefficient (Wildman–Crippen LogP) is 4.11. The van der Waals surface area contributed by atoms with Gasteiger partial charge < -0.3 is 3.79 Å². The molecular weight excluding hydrogens is 199 g/mol. The van der Waals surface area contributed by atoms with Crippen LogP contribution in [0, 0.1) is 0 Å². The Bertz CT molecular complexity index is 101. The first-order valence-electron chi connectivity index (χ1n) is 5.57. The maximum Gasteiger partial charge on any atom is 0.591 e. The summed E-state index contributed by atoms with van der Waals surface area (Å²) in [6.45, 7) is 5.29. The summed E-state index contributed by atoms with van der Waals surface area (Å²) in [7, 11) is 6.11. The smallest absolute Gasteiger partial charge is 0.489 e. The van der Waals surface area contributed by atoms with Crippen LogP contribution in [0.1, 0.15) is 52.4 Å². The molecule has 0 radical (unpaired) electrons. The topological polar surface area (TPSA) is 9.23 Å². The van der Waals surface area contributed by atoms with Crippen molar-refractivity contribution in [3.8, 4) is 0 Å². The van der Waals surface area contributed by atoms with E-state index < -0.39 is 13.6 Å². The zero-order valence-corrected chi connectivity index (χ0v) is 10.9. The van der Waals surface area contributed by atoms with E-state index in [-0.39, 0.29) is 0 Å². The molecule has 0 bridgehead atoms. The van der Waals surface area contributed by atoms with Gasteiger partial charge in [-0.2, -0.15) is 0 Å². The Balaban J connectivity index is 3.05. The van der Waals surface area contributed by atoms with Crippen LogP contribution >= 0.6 is 10.0 Å². The summed E-state index contributed by atoms with van der Waals surface area (Å²) in [5.41, 5.74) is 0. The standard InChI is InChI=1S/C6H13.C4H9O.Al.ClH/c1-3-5-6-4-2;1-2-3-4-5;;/h1,3-6H2,2H3;2-4H2,1H3;;1H/q;-1;+2;/p-1. The molecule has 13 heavy (non-hydrogen) atoms. The molecule has 0 aromatic heterocycles. The minimum atomic E-state index is -1.30. The van der Waals surface area contributed by atoms with Crippen LogP contribution in [0.2, 0.25) is 5.28 Å². The van der Waals surface area contributed by atoms with Gasteiger partial charge >= 0.3 is 13.6 Å². The molecule has 0 atom stereocenters. The first-order valence-corrected chi connectivity index (χ1v) is 8.60. The van der Waals surface area contributed by atoms with Crippen molar-refractivity contribution >= 4 is 23.6 Å². The third-order valence-electron chi connectivity index (χ3n) is 2.08. The summed E-state index contributed by atoms with van der Waals surface area (Å²) in [5.74, 6) is 0. The highest BCUT2D eigenvalue weighted by molar-refractivity contribution is 7.03. The van der Waals surface area contributed by atoms with Gasteiger partial charge in [-0.3, -0.25) is 0 Å². The lowest BCUT2D eigenvalue weighted by Gasteiger charge is -2.05. The number of hydrogen-bond acceptors (Lipinski definition) is 1. The van der Waals surface area contributed by atoms with Gasteiger partial charge in [0, 0.05) is 6.61 Å². The van der Waals surface area contributed by atoms with Crippen molar-refractivity contribution in [2.24, 2.45) is 0 Å². The summed E-state index contributed by atoms with van der Waals surface area (Å²) in [4.78, 5) is 0. The molecule has 0 aliphatic rings. The molecule has 0 spiro atoms. The van der Waals surface area contributed by atoms with Crippen LogP contribution in [0.15, 0.2) is 0 Å². The molecule has 78 valence electrons. The highest BCUT2D eigenvalue weighted by Crippen LogP contribution is 2.09. The van der Waals surface area contributed by atoms with Gasteiger partial charge in [0.15, 0.2) is 0 Å². The van der Waals surface area contributed by atoms with Crippen molar-refractivity contribution in [2.45, 2.75) is 57.7 Å². The lowest BCUT2D eigenvalue weighted by Crippen LogP contribution is -2.10. The van der Waals surface area contributed by atoms with Crippen molar-refractivity contribution in [2.75, 3.05) is 6.61 Å². The summed E-state index contributed by atoms with van der Waals surface area (Å²) in [6.07, 6.45) is 7.58. The molecule has 0 heterocycles. The maximum atomic E-state index is 6.11. The summed E-state index contributed by atoms with van der Waals surface area (Å²) >= 11 is -1.30. The molecule has 0 aliphatic heterocycles. The molecule has 0 N–H and O–H groups in total. The minimum Gasteiger partial charge on any atom is -0.489 e.